The third-order valence-electron chi connectivity index (χ3n) is 5.92. The molecule has 2 heterocycles. The number of phenolic OH excluding ortho intramolecular Hbond substituents is 1. The van der Waals surface area contributed by atoms with E-state index in [4.69, 9.17) is 27.9 Å². The number of rotatable bonds is 9. The van der Waals surface area contributed by atoms with Crippen molar-refractivity contribution < 1.29 is 23.6 Å². The quantitative estimate of drug-likeness (QED) is 0.219. The maximum absolute atomic E-state index is 13.3. The van der Waals surface area contributed by atoms with Crippen molar-refractivity contribution in [3.63, 3.8) is 0 Å². The number of methoxy groups -OCH3 is 1. The fourth-order valence-electron chi connectivity index (χ4n) is 3.75. The van der Waals surface area contributed by atoms with Crippen molar-refractivity contribution >= 4 is 57.2 Å². The highest BCUT2D eigenvalue weighted by Crippen LogP contribution is 2.34. The molecule has 208 valence electrons. The van der Waals surface area contributed by atoms with Crippen molar-refractivity contribution in [2.45, 2.75) is 30.4 Å². The molecule has 2 aromatic carbocycles. The second-order valence-electron chi connectivity index (χ2n) is 8.63. The highest BCUT2D eigenvalue weighted by Gasteiger charge is 2.27. The molecule has 0 aliphatic heterocycles. The van der Waals surface area contributed by atoms with Gasteiger partial charge in [0.25, 0.3) is 5.91 Å². The molecule has 40 heavy (non-hydrogen) atoms. The van der Waals surface area contributed by atoms with Crippen LogP contribution in [0.1, 0.15) is 29.3 Å². The minimum atomic E-state index is -1.73. The van der Waals surface area contributed by atoms with E-state index in [1.54, 1.807) is 31.2 Å². The van der Waals surface area contributed by atoms with Gasteiger partial charge in [0.2, 0.25) is 11.8 Å². The molecule has 2 amide bonds. The first kappa shape index (κ1) is 29.1. The van der Waals surface area contributed by atoms with Crippen LogP contribution in [0.4, 0.5) is 11.4 Å². The van der Waals surface area contributed by atoms with Crippen LogP contribution >= 0.6 is 23.2 Å². The highest BCUT2D eigenvalue weighted by atomic mass is 35.5. The van der Waals surface area contributed by atoms with Crippen LogP contribution in [0.25, 0.3) is 5.69 Å². The van der Waals surface area contributed by atoms with Crippen LogP contribution < -0.4 is 15.4 Å². The number of carbonyl (C=O) groups excluding carboxylic acids is 2. The molecule has 0 saturated heterocycles. The van der Waals surface area contributed by atoms with E-state index < -0.39 is 27.9 Å². The van der Waals surface area contributed by atoms with Gasteiger partial charge in [-0.1, -0.05) is 36.2 Å². The van der Waals surface area contributed by atoms with Gasteiger partial charge in [-0.25, -0.2) is 9.67 Å². The first-order valence-electron chi connectivity index (χ1n) is 12.0. The number of halogens is 2. The van der Waals surface area contributed by atoms with E-state index in [2.05, 4.69) is 20.7 Å². The van der Waals surface area contributed by atoms with Gasteiger partial charge in [0.1, 0.15) is 11.0 Å². The van der Waals surface area contributed by atoms with Gasteiger partial charge in [-0.15, -0.1) is 0 Å². The summed E-state index contributed by atoms with van der Waals surface area (Å²) in [5.74, 6) is -1.03. The lowest BCUT2D eigenvalue weighted by Gasteiger charge is -2.18. The molecule has 13 heteroatoms. The Morgan fingerprint density at radius 2 is 1.88 bits per heavy atom. The molecule has 0 aliphatic rings. The number of carbonyl (C=O) groups is 2. The number of nitrogens with zero attached hydrogens (tertiary/aromatic N) is 3. The lowest BCUT2D eigenvalue weighted by atomic mass is 10.1. The topological polar surface area (TPSA) is 135 Å². The number of phenols is 1. The SMILES string of the molecule is CCC(C(=O)Nc1cc(O)c(NC(=O)c2ccc(C)c(Cl)c2)cc1-n1cc(Cl)cn1)S(=O)c1ccc(OC)nc1. The molecule has 2 aromatic heterocycles. The standard InChI is InChI=1S/C27H25Cl2N5O5S/c1-4-24(40(38)18-7-8-25(39-3)30-13-18)27(37)32-20-11-23(35)21(10-22(20)34-14-17(28)12-31-34)33-26(36)16-6-5-15(2)19(29)9-16/h5-14,24,35H,4H2,1-3H3,(H,32,37)(H,33,36). The Morgan fingerprint density at radius 3 is 2.48 bits per heavy atom. The first-order valence-corrected chi connectivity index (χ1v) is 13.9. The van der Waals surface area contributed by atoms with Gasteiger partial charge in [-0.05, 0) is 43.2 Å². The summed E-state index contributed by atoms with van der Waals surface area (Å²) in [6, 6.07) is 10.7. The van der Waals surface area contributed by atoms with E-state index in [9.17, 15) is 18.9 Å². The second kappa shape index (κ2) is 12.5. The predicted molar refractivity (Wildman–Crippen MR) is 154 cm³/mol. The van der Waals surface area contributed by atoms with Crippen LogP contribution in [0.15, 0.2) is 66.0 Å². The Hall–Kier alpha value is -3.93. The zero-order valence-electron chi connectivity index (χ0n) is 21.6. The molecule has 0 bridgehead atoms. The smallest absolute Gasteiger partial charge is 0.255 e. The van der Waals surface area contributed by atoms with E-state index in [0.29, 0.717) is 26.5 Å². The highest BCUT2D eigenvalue weighted by molar-refractivity contribution is 7.86. The largest absolute Gasteiger partial charge is 0.506 e. The van der Waals surface area contributed by atoms with Gasteiger partial charge in [-0.2, -0.15) is 5.10 Å². The summed E-state index contributed by atoms with van der Waals surface area (Å²) in [5, 5.41) is 20.2. The maximum Gasteiger partial charge on any atom is 0.255 e. The summed E-state index contributed by atoms with van der Waals surface area (Å²) >= 11 is 12.2. The zero-order chi connectivity index (χ0) is 29.0. The van der Waals surface area contributed by atoms with E-state index in [1.807, 2.05) is 6.92 Å². The monoisotopic (exact) mass is 601 g/mol. The van der Waals surface area contributed by atoms with Crippen molar-refractivity contribution in [3.8, 4) is 17.3 Å². The number of anilines is 2. The summed E-state index contributed by atoms with van der Waals surface area (Å²) in [6.45, 7) is 3.55. The summed E-state index contributed by atoms with van der Waals surface area (Å²) in [5.41, 5.74) is 1.61. The fraction of sp³-hybridized carbons (Fsp3) is 0.185. The number of aromatic hydroxyl groups is 1. The number of benzene rings is 2. The summed E-state index contributed by atoms with van der Waals surface area (Å²) in [7, 11) is -0.260. The molecule has 0 saturated carbocycles. The van der Waals surface area contributed by atoms with Crippen molar-refractivity contribution in [2.75, 3.05) is 17.7 Å². The number of nitrogens with one attached hydrogen (secondary N) is 2. The predicted octanol–water partition coefficient (Wildman–Crippen LogP) is 5.37. The molecule has 4 rings (SSSR count). The average Bonchev–Trinajstić information content (AvgIpc) is 3.37. The number of hydrogen-bond acceptors (Lipinski definition) is 7. The molecule has 0 spiro atoms. The number of aromatic nitrogens is 3. The number of amides is 2. The first-order chi connectivity index (χ1) is 19.1. The van der Waals surface area contributed by atoms with Gasteiger partial charge in [0.15, 0.2) is 0 Å². The van der Waals surface area contributed by atoms with Crippen LogP contribution in [0.3, 0.4) is 0 Å². The summed E-state index contributed by atoms with van der Waals surface area (Å²) in [4.78, 5) is 30.6. The zero-order valence-corrected chi connectivity index (χ0v) is 24.0. The lowest BCUT2D eigenvalue weighted by molar-refractivity contribution is -0.115. The molecule has 0 radical (unpaired) electrons. The molecule has 4 aromatic rings. The average molecular weight is 603 g/mol. The van der Waals surface area contributed by atoms with Gasteiger partial charge < -0.3 is 20.5 Å². The Labute approximate surface area is 242 Å². The molecule has 2 unspecified atom stereocenters. The molecule has 0 fully saturated rings. The normalized spacial score (nSPS) is 12.4. The molecule has 2 atom stereocenters. The molecule has 10 nitrogen and oxygen atoms in total. The van der Waals surface area contributed by atoms with Gasteiger partial charge in [0.05, 0.1) is 51.1 Å². The minimum Gasteiger partial charge on any atom is -0.506 e. The second-order valence-corrected chi connectivity index (χ2v) is 11.1. The molecule has 0 aliphatic carbocycles. The number of pyridine rings is 1. The van der Waals surface area contributed by atoms with Crippen LogP contribution in [0.2, 0.25) is 10.0 Å². The van der Waals surface area contributed by atoms with Crippen LogP contribution in [0, 0.1) is 6.92 Å². The van der Waals surface area contributed by atoms with Crippen molar-refractivity contribution in [1.82, 2.24) is 14.8 Å². The number of ether oxygens (including phenoxy) is 1. The Kier molecular flexibility index (Phi) is 9.08. The molecular weight excluding hydrogens is 577 g/mol. The van der Waals surface area contributed by atoms with Crippen LogP contribution in [-0.4, -0.2) is 48.3 Å². The van der Waals surface area contributed by atoms with E-state index in [-0.39, 0.29) is 29.1 Å². The van der Waals surface area contributed by atoms with E-state index in [1.165, 1.54) is 48.6 Å². The van der Waals surface area contributed by atoms with Crippen LogP contribution in [-0.2, 0) is 15.6 Å². The Balaban J connectivity index is 1.65. The van der Waals surface area contributed by atoms with E-state index in [0.717, 1.165) is 5.56 Å². The fourth-order valence-corrected chi connectivity index (χ4v) is 5.31. The number of aryl methyl sites for hydroxylation is 1. The third-order valence-corrected chi connectivity index (χ3v) is 8.30. The van der Waals surface area contributed by atoms with Crippen LogP contribution in [0.5, 0.6) is 11.6 Å². The molecule has 3 N–H and O–H groups in total. The van der Waals surface area contributed by atoms with Gasteiger partial charge in [0, 0.05) is 35.1 Å². The maximum atomic E-state index is 13.3. The van der Waals surface area contributed by atoms with Gasteiger partial charge in [-0.3, -0.25) is 13.8 Å². The van der Waals surface area contributed by atoms with Crippen molar-refractivity contribution in [1.29, 1.82) is 0 Å². The third kappa shape index (κ3) is 6.44. The van der Waals surface area contributed by atoms with E-state index >= 15 is 0 Å². The minimum absolute atomic E-state index is 0.0567. The van der Waals surface area contributed by atoms with Crippen molar-refractivity contribution in [3.05, 3.63) is 82.2 Å². The summed E-state index contributed by atoms with van der Waals surface area (Å²) in [6.07, 6.45) is 4.54. The number of hydrogen-bond donors (Lipinski definition) is 3. The van der Waals surface area contributed by atoms with Crippen molar-refractivity contribution in [2.24, 2.45) is 0 Å². The Morgan fingerprint density at radius 1 is 1.10 bits per heavy atom. The Bertz CT molecular complexity index is 1590. The van der Waals surface area contributed by atoms with Gasteiger partial charge >= 0.3 is 0 Å². The summed E-state index contributed by atoms with van der Waals surface area (Å²) < 4.78 is 19.6. The lowest BCUT2D eigenvalue weighted by Crippen LogP contribution is -2.31. The molecular formula is C27H25Cl2N5O5S.